The van der Waals surface area contributed by atoms with E-state index in [4.69, 9.17) is 10.00 Å². The summed E-state index contributed by atoms with van der Waals surface area (Å²) in [6, 6.07) is 5.91. The van der Waals surface area contributed by atoms with E-state index in [1.807, 2.05) is 33.8 Å². The van der Waals surface area contributed by atoms with E-state index in [1.165, 1.54) is 12.1 Å². The minimum atomic E-state index is -0.486. The van der Waals surface area contributed by atoms with Gasteiger partial charge in [-0.2, -0.15) is 5.26 Å². The van der Waals surface area contributed by atoms with Crippen molar-refractivity contribution in [1.29, 1.82) is 5.26 Å². The first-order valence-corrected chi connectivity index (χ1v) is 8.14. The predicted octanol–water partition coefficient (Wildman–Crippen LogP) is 4.00. The molecule has 1 heterocycles. The van der Waals surface area contributed by atoms with E-state index in [0.29, 0.717) is 18.5 Å². The van der Waals surface area contributed by atoms with Crippen molar-refractivity contribution < 1.29 is 13.9 Å². The minimum absolute atomic E-state index is 0.168. The van der Waals surface area contributed by atoms with Gasteiger partial charge in [0.1, 0.15) is 5.82 Å². The van der Waals surface area contributed by atoms with Gasteiger partial charge in [-0.05, 0) is 64.0 Å². The smallest absolute Gasteiger partial charge is 0.410 e. The van der Waals surface area contributed by atoms with Crippen LogP contribution in [0.15, 0.2) is 29.8 Å². The van der Waals surface area contributed by atoms with Crippen LogP contribution in [0.5, 0.6) is 0 Å². The quantitative estimate of drug-likeness (QED) is 0.726. The zero-order valence-electron chi connectivity index (χ0n) is 14.9. The maximum Gasteiger partial charge on any atom is 0.410 e. The van der Waals surface area contributed by atoms with Crippen LogP contribution >= 0.6 is 0 Å². The first-order valence-electron chi connectivity index (χ1n) is 8.14. The number of likely N-dealkylation sites (tertiary alicyclic amines) is 1. The highest BCUT2D eigenvalue weighted by Gasteiger charge is 2.40. The van der Waals surface area contributed by atoms with Crippen molar-refractivity contribution in [2.24, 2.45) is 0 Å². The van der Waals surface area contributed by atoms with Crippen LogP contribution in [0.25, 0.3) is 0 Å². The number of allylic oxidation sites excluding steroid dienone is 1. The van der Waals surface area contributed by atoms with Crippen molar-refractivity contribution in [3.63, 3.8) is 0 Å². The molecule has 25 heavy (non-hydrogen) atoms. The molecular weight excluding hydrogens is 319 g/mol. The molecule has 1 aliphatic rings. The topological polar surface area (TPSA) is 53.3 Å². The lowest BCUT2D eigenvalue weighted by atomic mass is 9.95. The van der Waals surface area contributed by atoms with Crippen LogP contribution in [-0.2, 0) is 4.74 Å². The summed E-state index contributed by atoms with van der Waals surface area (Å²) in [5.74, 6) is 5.27. The molecule has 0 aromatic heterocycles. The Morgan fingerprint density at radius 2 is 2.04 bits per heavy atom. The van der Waals surface area contributed by atoms with Gasteiger partial charge in [0.25, 0.3) is 0 Å². The third-order valence-electron chi connectivity index (χ3n) is 4.11. The molecule has 1 amide bonds. The Labute approximate surface area is 147 Å². The second kappa shape index (κ2) is 7.40. The lowest BCUT2D eigenvalue weighted by Gasteiger charge is -2.32. The summed E-state index contributed by atoms with van der Waals surface area (Å²) in [6.07, 6.45) is 1.97. The van der Waals surface area contributed by atoms with Gasteiger partial charge in [0.2, 0.25) is 0 Å². The molecule has 5 heteroatoms. The fraction of sp³-hybridized carbons (Fsp3) is 0.400. The second-order valence-corrected chi connectivity index (χ2v) is 6.67. The molecule has 1 aromatic carbocycles. The third-order valence-corrected chi connectivity index (χ3v) is 4.11. The molecule has 0 saturated carbocycles. The number of nitrogens with zero attached hydrogens (tertiary/aromatic N) is 2. The van der Waals surface area contributed by atoms with Gasteiger partial charge in [0.05, 0.1) is 23.3 Å². The van der Waals surface area contributed by atoms with Crippen LogP contribution in [0, 0.1) is 29.0 Å². The van der Waals surface area contributed by atoms with Crippen LogP contribution in [-0.4, -0.2) is 29.2 Å². The SMILES string of the molecule is CC(C)OC(=O)N1CC/C(=C\C#Cc2cc(F)cc(C#N)c2)C1(C)C. The minimum Gasteiger partial charge on any atom is -0.447 e. The number of carbonyl (C=O) groups is 1. The second-order valence-electron chi connectivity index (χ2n) is 6.67. The summed E-state index contributed by atoms with van der Waals surface area (Å²) in [7, 11) is 0. The molecule has 0 bridgehead atoms. The number of hydrogen-bond donors (Lipinski definition) is 0. The fourth-order valence-electron chi connectivity index (χ4n) is 2.76. The highest BCUT2D eigenvalue weighted by molar-refractivity contribution is 5.70. The molecule has 130 valence electrons. The van der Waals surface area contributed by atoms with Gasteiger partial charge in [-0.15, -0.1) is 0 Å². The van der Waals surface area contributed by atoms with E-state index >= 15 is 0 Å². The maximum absolute atomic E-state index is 13.4. The molecule has 0 radical (unpaired) electrons. The molecule has 2 rings (SSSR count). The average Bonchev–Trinajstić information content (AvgIpc) is 2.81. The number of halogens is 1. The molecule has 0 N–H and O–H groups in total. The molecule has 0 aliphatic carbocycles. The normalized spacial score (nSPS) is 17.2. The van der Waals surface area contributed by atoms with Crippen LogP contribution < -0.4 is 0 Å². The number of carbonyl (C=O) groups excluding carboxylic acids is 1. The zero-order valence-corrected chi connectivity index (χ0v) is 14.9. The van der Waals surface area contributed by atoms with Crippen molar-refractivity contribution in [3.8, 4) is 17.9 Å². The van der Waals surface area contributed by atoms with E-state index in [1.54, 1.807) is 17.0 Å². The maximum atomic E-state index is 13.4. The van der Waals surface area contributed by atoms with Gasteiger partial charge in [0, 0.05) is 12.1 Å². The van der Waals surface area contributed by atoms with Crippen molar-refractivity contribution in [2.45, 2.75) is 45.8 Å². The Bertz CT molecular complexity index is 807. The summed E-state index contributed by atoms with van der Waals surface area (Å²) < 4.78 is 18.7. The van der Waals surface area contributed by atoms with Crippen molar-refractivity contribution in [1.82, 2.24) is 4.90 Å². The van der Waals surface area contributed by atoms with Crippen LogP contribution in [0.3, 0.4) is 0 Å². The van der Waals surface area contributed by atoms with E-state index in [9.17, 15) is 9.18 Å². The molecule has 1 saturated heterocycles. The highest BCUT2D eigenvalue weighted by Crippen LogP contribution is 2.34. The lowest BCUT2D eigenvalue weighted by molar-refractivity contribution is 0.0631. The molecule has 1 aliphatic heterocycles. The van der Waals surface area contributed by atoms with Gasteiger partial charge in [-0.25, -0.2) is 9.18 Å². The van der Waals surface area contributed by atoms with E-state index < -0.39 is 11.4 Å². The molecule has 0 spiro atoms. The lowest BCUT2D eigenvalue weighted by Crippen LogP contribution is -2.44. The third kappa shape index (κ3) is 4.39. The Morgan fingerprint density at radius 1 is 1.36 bits per heavy atom. The van der Waals surface area contributed by atoms with Gasteiger partial charge in [-0.1, -0.05) is 11.8 Å². The van der Waals surface area contributed by atoms with Gasteiger partial charge in [-0.3, -0.25) is 4.90 Å². The standard InChI is InChI=1S/C20H21FN2O2/c1-14(2)25-19(24)23-9-8-17(20(23,3)4)7-5-6-15-10-16(13-22)12-18(21)11-15/h7,10-12,14H,8-9H2,1-4H3/b17-7+. The Balaban J connectivity index is 2.20. The van der Waals surface area contributed by atoms with Gasteiger partial charge in [0.15, 0.2) is 0 Å². The van der Waals surface area contributed by atoms with Crippen LogP contribution in [0.1, 0.15) is 45.2 Å². The Hall–Kier alpha value is -2.79. The molecular formula is C20H21FN2O2. The van der Waals surface area contributed by atoms with Crippen molar-refractivity contribution in [3.05, 3.63) is 46.8 Å². The van der Waals surface area contributed by atoms with Crippen molar-refractivity contribution >= 4 is 6.09 Å². The Morgan fingerprint density at radius 3 is 2.68 bits per heavy atom. The highest BCUT2D eigenvalue weighted by atomic mass is 19.1. The number of nitriles is 1. The predicted molar refractivity (Wildman–Crippen MR) is 93.1 cm³/mol. The number of rotatable bonds is 1. The summed E-state index contributed by atoms with van der Waals surface area (Å²) in [4.78, 5) is 13.9. The summed E-state index contributed by atoms with van der Waals surface area (Å²) in [5, 5.41) is 8.87. The molecule has 4 nitrogen and oxygen atoms in total. The van der Waals surface area contributed by atoms with Gasteiger partial charge < -0.3 is 4.74 Å². The molecule has 1 aromatic rings. The molecule has 0 unspecified atom stereocenters. The average molecular weight is 340 g/mol. The van der Waals surface area contributed by atoms with Gasteiger partial charge >= 0.3 is 6.09 Å². The first-order chi connectivity index (χ1) is 11.7. The summed E-state index contributed by atoms with van der Waals surface area (Å²) in [5.41, 5.74) is 1.21. The Kier molecular flexibility index (Phi) is 5.49. The monoisotopic (exact) mass is 340 g/mol. The molecule has 0 atom stereocenters. The summed E-state index contributed by atoms with van der Waals surface area (Å²) in [6.45, 7) is 8.11. The number of hydrogen-bond acceptors (Lipinski definition) is 3. The number of benzene rings is 1. The molecule has 1 fully saturated rings. The fourth-order valence-corrected chi connectivity index (χ4v) is 2.76. The zero-order chi connectivity index (χ0) is 18.6. The first kappa shape index (κ1) is 18.5. The number of ether oxygens (including phenoxy) is 1. The summed E-state index contributed by atoms with van der Waals surface area (Å²) >= 11 is 0. The largest absolute Gasteiger partial charge is 0.447 e. The van der Waals surface area contributed by atoms with Crippen LogP contribution in [0.2, 0.25) is 0 Å². The van der Waals surface area contributed by atoms with E-state index in [-0.39, 0.29) is 17.8 Å². The van der Waals surface area contributed by atoms with E-state index in [0.717, 1.165) is 5.57 Å². The van der Waals surface area contributed by atoms with Crippen LogP contribution in [0.4, 0.5) is 9.18 Å². The number of amides is 1. The van der Waals surface area contributed by atoms with Crippen molar-refractivity contribution in [2.75, 3.05) is 6.54 Å². The van der Waals surface area contributed by atoms with E-state index in [2.05, 4.69) is 11.8 Å².